The Labute approximate surface area is 224 Å². The molecule has 196 valence electrons. The Morgan fingerprint density at radius 3 is 2.50 bits per heavy atom. The van der Waals surface area contributed by atoms with Crippen LogP contribution in [0.1, 0.15) is 52.3 Å². The van der Waals surface area contributed by atoms with Gasteiger partial charge in [0.1, 0.15) is 10.6 Å². The number of anilines is 1. The van der Waals surface area contributed by atoms with E-state index in [-0.39, 0.29) is 15.6 Å². The lowest BCUT2D eigenvalue weighted by molar-refractivity contribution is -0.117. The van der Waals surface area contributed by atoms with Gasteiger partial charge in [-0.05, 0) is 42.7 Å². The van der Waals surface area contributed by atoms with Crippen LogP contribution in [0.4, 0.5) is 5.13 Å². The van der Waals surface area contributed by atoms with Gasteiger partial charge in [0.05, 0.1) is 31.0 Å². The van der Waals surface area contributed by atoms with Crippen LogP contribution in [0.3, 0.4) is 0 Å². The van der Waals surface area contributed by atoms with E-state index in [9.17, 15) is 19.5 Å². The molecular weight excluding hydrogens is 504 g/mol. The third-order valence-corrected chi connectivity index (χ3v) is 7.16. The van der Waals surface area contributed by atoms with Gasteiger partial charge in [0.2, 0.25) is 0 Å². The molecule has 1 aliphatic heterocycles. The molecule has 1 unspecified atom stereocenters. The summed E-state index contributed by atoms with van der Waals surface area (Å²) in [5.74, 6) is -1.88. The third kappa shape index (κ3) is 5.52. The predicted octanol–water partition coefficient (Wildman–Crippen LogP) is 5.60. The summed E-state index contributed by atoms with van der Waals surface area (Å²) in [4.78, 5) is 44.8. The van der Waals surface area contributed by atoms with E-state index in [1.165, 1.54) is 18.1 Å². The highest BCUT2D eigenvalue weighted by Crippen LogP contribution is 2.43. The smallest absolute Gasteiger partial charge is 0.350 e. The standard InChI is InChI=1S/C29H28N2O6S/c1-4-5-17-37-21-14-12-20(13-15-21)24-23(22(32)16-11-19-9-7-6-8-10-19)25(33)27(34)31(24)29-30-18(2)26(38-29)28(35)36-3/h6-16,24,33H,4-5,17H2,1-3H3. The monoisotopic (exact) mass is 532 g/mol. The number of aromatic nitrogens is 1. The molecule has 3 aromatic rings. The summed E-state index contributed by atoms with van der Waals surface area (Å²) in [6.07, 6.45) is 4.88. The van der Waals surface area contributed by atoms with Gasteiger partial charge in [-0.25, -0.2) is 9.78 Å². The molecule has 1 amide bonds. The molecule has 8 nitrogen and oxygen atoms in total. The van der Waals surface area contributed by atoms with Gasteiger partial charge in [-0.2, -0.15) is 0 Å². The van der Waals surface area contributed by atoms with E-state index in [2.05, 4.69) is 11.9 Å². The maximum absolute atomic E-state index is 13.4. The number of allylic oxidation sites excluding steroid dienone is 1. The van der Waals surface area contributed by atoms with Gasteiger partial charge >= 0.3 is 5.97 Å². The Hall–Kier alpha value is -4.24. The first-order valence-corrected chi connectivity index (χ1v) is 13.0. The van der Waals surface area contributed by atoms with Gasteiger partial charge in [0, 0.05) is 0 Å². The lowest BCUT2D eigenvalue weighted by Crippen LogP contribution is -2.30. The Balaban J connectivity index is 1.75. The summed E-state index contributed by atoms with van der Waals surface area (Å²) in [6, 6.07) is 15.3. The molecule has 0 saturated heterocycles. The molecule has 2 aromatic carbocycles. The largest absolute Gasteiger partial charge is 0.503 e. The number of unbranched alkanes of at least 4 members (excludes halogenated alkanes) is 1. The van der Waals surface area contributed by atoms with Crippen LogP contribution in [0.25, 0.3) is 6.08 Å². The number of aliphatic hydroxyl groups is 1. The van der Waals surface area contributed by atoms with Crippen LogP contribution < -0.4 is 9.64 Å². The number of esters is 1. The molecular formula is C29H28N2O6S. The Morgan fingerprint density at radius 2 is 1.84 bits per heavy atom. The van der Waals surface area contributed by atoms with Crippen molar-refractivity contribution in [2.45, 2.75) is 32.7 Å². The normalized spacial score (nSPS) is 15.4. The number of hydrogen-bond donors (Lipinski definition) is 1. The summed E-state index contributed by atoms with van der Waals surface area (Å²) < 4.78 is 10.6. The van der Waals surface area contributed by atoms with Crippen molar-refractivity contribution < 1.29 is 29.0 Å². The highest BCUT2D eigenvalue weighted by Gasteiger charge is 2.45. The molecule has 1 N–H and O–H groups in total. The third-order valence-electron chi connectivity index (χ3n) is 6.02. The average Bonchev–Trinajstić information content (AvgIpc) is 3.44. The first-order chi connectivity index (χ1) is 18.3. The predicted molar refractivity (Wildman–Crippen MR) is 145 cm³/mol. The minimum atomic E-state index is -0.962. The summed E-state index contributed by atoms with van der Waals surface area (Å²) >= 11 is 0.962. The molecule has 0 saturated carbocycles. The number of carbonyl (C=O) groups excluding carboxylic acids is 3. The minimum Gasteiger partial charge on any atom is -0.503 e. The summed E-state index contributed by atoms with van der Waals surface area (Å²) in [5, 5.41) is 11.1. The number of rotatable bonds is 10. The molecule has 0 aliphatic carbocycles. The Kier molecular flexibility index (Phi) is 8.38. The summed E-state index contributed by atoms with van der Waals surface area (Å²) in [6.45, 7) is 4.28. The second-order valence-corrected chi connectivity index (χ2v) is 9.60. The zero-order valence-electron chi connectivity index (χ0n) is 21.3. The zero-order chi connectivity index (χ0) is 27.2. The molecule has 38 heavy (non-hydrogen) atoms. The molecule has 1 atom stereocenters. The van der Waals surface area contributed by atoms with Crippen molar-refractivity contribution in [1.82, 2.24) is 4.98 Å². The van der Waals surface area contributed by atoms with Crippen LogP contribution in [-0.4, -0.2) is 41.5 Å². The number of amides is 1. The van der Waals surface area contributed by atoms with Crippen molar-refractivity contribution in [3.8, 4) is 5.75 Å². The zero-order valence-corrected chi connectivity index (χ0v) is 22.2. The van der Waals surface area contributed by atoms with Crippen LogP contribution in [-0.2, 0) is 14.3 Å². The van der Waals surface area contributed by atoms with Crippen molar-refractivity contribution in [2.24, 2.45) is 0 Å². The first kappa shape index (κ1) is 26.8. The molecule has 1 aromatic heterocycles. The molecule has 4 rings (SSSR count). The lowest BCUT2D eigenvalue weighted by atomic mass is 9.95. The SMILES string of the molecule is CCCCOc1ccc(C2C(C(=O)C=Cc3ccccc3)=C(O)C(=O)N2c2nc(C)c(C(=O)OC)s2)cc1. The molecule has 0 radical (unpaired) electrons. The van der Waals surface area contributed by atoms with Crippen molar-refractivity contribution in [3.05, 3.63) is 93.7 Å². The van der Waals surface area contributed by atoms with Crippen LogP contribution in [0.2, 0.25) is 0 Å². The fourth-order valence-electron chi connectivity index (χ4n) is 4.04. The molecule has 0 spiro atoms. The maximum Gasteiger partial charge on any atom is 0.350 e. The number of nitrogens with zero attached hydrogens (tertiary/aromatic N) is 2. The summed E-state index contributed by atoms with van der Waals surface area (Å²) in [5.41, 5.74) is 1.68. The van der Waals surface area contributed by atoms with Crippen LogP contribution >= 0.6 is 11.3 Å². The Bertz CT molecular complexity index is 1390. The fraction of sp³-hybridized carbons (Fsp3) is 0.241. The first-order valence-electron chi connectivity index (χ1n) is 12.2. The van der Waals surface area contributed by atoms with E-state index < -0.39 is 29.5 Å². The van der Waals surface area contributed by atoms with E-state index >= 15 is 0 Å². The average molecular weight is 533 g/mol. The molecule has 2 heterocycles. The van der Waals surface area contributed by atoms with Crippen molar-refractivity contribution in [3.63, 3.8) is 0 Å². The number of aliphatic hydroxyl groups excluding tert-OH is 1. The molecule has 0 fully saturated rings. The van der Waals surface area contributed by atoms with Gasteiger partial charge in [-0.1, -0.05) is 73.2 Å². The van der Waals surface area contributed by atoms with E-state index in [1.807, 2.05) is 30.3 Å². The second-order valence-electron chi connectivity index (χ2n) is 8.62. The van der Waals surface area contributed by atoms with Gasteiger partial charge < -0.3 is 14.6 Å². The molecule has 9 heteroatoms. The molecule has 0 bridgehead atoms. The van der Waals surface area contributed by atoms with Crippen molar-refractivity contribution >= 4 is 40.2 Å². The second kappa shape index (κ2) is 11.9. The Morgan fingerprint density at radius 1 is 1.13 bits per heavy atom. The van der Waals surface area contributed by atoms with Gasteiger partial charge in [-0.3, -0.25) is 14.5 Å². The van der Waals surface area contributed by atoms with Crippen molar-refractivity contribution in [2.75, 3.05) is 18.6 Å². The number of methoxy groups -OCH3 is 1. The van der Waals surface area contributed by atoms with Gasteiger partial charge in [0.15, 0.2) is 16.7 Å². The highest BCUT2D eigenvalue weighted by atomic mass is 32.1. The van der Waals surface area contributed by atoms with E-state index in [1.54, 1.807) is 37.3 Å². The summed E-state index contributed by atoms with van der Waals surface area (Å²) in [7, 11) is 1.26. The van der Waals surface area contributed by atoms with Gasteiger partial charge in [0.25, 0.3) is 5.91 Å². The number of hydrogen-bond acceptors (Lipinski definition) is 8. The van der Waals surface area contributed by atoms with E-state index in [4.69, 9.17) is 9.47 Å². The van der Waals surface area contributed by atoms with Crippen molar-refractivity contribution in [1.29, 1.82) is 0 Å². The fourth-order valence-corrected chi connectivity index (χ4v) is 5.06. The number of thiazole rings is 1. The maximum atomic E-state index is 13.4. The molecule has 1 aliphatic rings. The quantitative estimate of drug-likeness (QED) is 0.206. The number of ether oxygens (including phenoxy) is 2. The minimum absolute atomic E-state index is 0.0747. The topological polar surface area (TPSA) is 106 Å². The van der Waals surface area contributed by atoms with E-state index in [0.717, 1.165) is 29.7 Å². The number of ketones is 1. The van der Waals surface area contributed by atoms with Crippen LogP contribution in [0.15, 0.2) is 72.0 Å². The highest BCUT2D eigenvalue weighted by molar-refractivity contribution is 7.17. The number of benzene rings is 2. The van der Waals surface area contributed by atoms with E-state index in [0.29, 0.717) is 23.6 Å². The van der Waals surface area contributed by atoms with Crippen LogP contribution in [0.5, 0.6) is 5.75 Å². The number of aryl methyl sites for hydroxylation is 1. The van der Waals surface area contributed by atoms with Crippen LogP contribution in [0, 0.1) is 6.92 Å². The number of carbonyl (C=O) groups is 3. The van der Waals surface area contributed by atoms with Gasteiger partial charge in [-0.15, -0.1) is 0 Å². The lowest BCUT2D eigenvalue weighted by Gasteiger charge is -2.24.